The predicted octanol–water partition coefficient (Wildman–Crippen LogP) is 4.32. The number of carbonyl (C=O) groups is 1. The molecule has 0 aliphatic heterocycles. The molecule has 320 valence electrons. The molecule has 0 aliphatic rings. The van der Waals surface area contributed by atoms with Crippen LogP contribution in [-0.4, -0.2) is 171 Å². The minimum atomic E-state index is -0.363. The van der Waals surface area contributed by atoms with Crippen LogP contribution in [0.15, 0.2) is 54.6 Å². The summed E-state index contributed by atoms with van der Waals surface area (Å²) in [5.41, 5.74) is 1.51. The highest BCUT2D eigenvalue weighted by Gasteiger charge is 2.07. The molecule has 0 amide bonds. The van der Waals surface area contributed by atoms with E-state index in [2.05, 4.69) is 12.2 Å². The van der Waals surface area contributed by atoms with Crippen molar-refractivity contribution >= 4 is 11.7 Å². The van der Waals surface area contributed by atoms with Crippen molar-refractivity contribution in [3.63, 3.8) is 0 Å². The molecule has 0 fully saturated rings. The lowest BCUT2D eigenvalue weighted by molar-refractivity contribution is -0.0282. The lowest BCUT2D eigenvalue weighted by atomic mass is 10.2. The van der Waals surface area contributed by atoms with E-state index in [4.69, 9.17) is 61.6 Å². The number of nitrogens with one attached hydrogen (secondary N) is 1. The molecule has 0 spiro atoms. The van der Waals surface area contributed by atoms with Gasteiger partial charge in [0, 0.05) is 12.2 Å². The molecule has 0 radical (unpaired) electrons. The number of hydrogen-bond acceptors (Lipinski definition) is 15. The van der Waals surface area contributed by atoms with Crippen LogP contribution in [0.1, 0.15) is 30.1 Å². The van der Waals surface area contributed by atoms with E-state index in [0.29, 0.717) is 158 Å². The smallest absolute Gasteiger partial charge is 0.338 e. The van der Waals surface area contributed by atoms with Gasteiger partial charge < -0.3 is 66.9 Å². The first-order valence-corrected chi connectivity index (χ1v) is 19.8. The Kier molecular flexibility index (Phi) is 34.2. The van der Waals surface area contributed by atoms with E-state index in [9.17, 15) is 4.79 Å². The van der Waals surface area contributed by atoms with Crippen molar-refractivity contribution in [3.8, 4) is 5.75 Å². The molecule has 15 nitrogen and oxygen atoms in total. The van der Waals surface area contributed by atoms with Crippen LogP contribution >= 0.6 is 0 Å². The largest absolute Gasteiger partial charge is 0.491 e. The number of anilines is 1. The highest BCUT2D eigenvalue weighted by molar-refractivity contribution is 5.89. The number of ether oxygens (including phenoxy) is 13. The standard InChI is InChI=1S/C41H67NO14/c1-2-3-13-42-39-11-9-38(10-12-39)41(43)56-37-35-54-33-31-52-29-27-50-25-23-48-21-19-46-17-15-44-14-16-45-18-20-47-22-24-49-26-28-51-30-32-53-34-36-55-40-7-5-4-6-8-40/h4-12,42H,2-3,13-37H2,1H3. The van der Waals surface area contributed by atoms with Crippen molar-refractivity contribution in [2.75, 3.05) is 170 Å². The van der Waals surface area contributed by atoms with Crippen molar-refractivity contribution in [3.05, 3.63) is 60.2 Å². The van der Waals surface area contributed by atoms with Crippen LogP contribution in [0, 0.1) is 0 Å². The number of carbonyl (C=O) groups excluding carboxylic acids is 1. The van der Waals surface area contributed by atoms with Gasteiger partial charge in [0.15, 0.2) is 0 Å². The highest BCUT2D eigenvalue weighted by atomic mass is 16.6. The third kappa shape index (κ3) is 31.2. The number of para-hydroxylation sites is 1. The highest BCUT2D eigenvalue weighted by Crippen LogP contribution is 2.11. The molecule has 15 heteroatoms. The Balaban J connectivity index is 1.16. The van der Waals surface area contributed by atoms with Crippen molar-refractivity contribution in [1.29, 1.82) is 0 Å². The van der Waals surface area contributed by atoms with Crippen molar-refractivity contribution in [2.24, 2.45) is 0 Å². The van der Waals surface area contributed by atoms with E-state index in [1.165, 1.54) is 0 Å². The third-order valence-corrected chi connectivity index (χ3v) is 7.40. The summed E-state index contributed by atoms with van der Waals surface area (Å²) in [4.78, 5) is 12.1. The van der Waals surface area contributed by atoms with Crippen molar-refractivity contribution in [1.82, 2.24) is 0 Å². The Bertz CT molecular complexity index is 1120. The molecule has 0 saturated heterocycles. The number of unbranched alkanes of at least 4 members (excludes halogenated alkanes) is 1. The van der Waals surface area contributed by atoms with Gasteiger partial charge in [-0.3, -0.25) is 0 Å². The van der Waals surface area contributed by atoms with Crippen LogP contribution in [0.25, 0.3) is 0 Å². The molecule has 1 N–H and O–H groups in total. The summed E-state index contributed by atoms with van der Waals surface area (Å²) in [5.74, 6) is 0.477. The van der Waals surface area contributed by atoms with E-state index in [1.54, 1.807) is 12.1 Å². The number of hydrogen-bond donors (Lipinski definition) is 1. The first kappa shape index (κ1) is 49.2. The van der Waals surface area contributed by atoms with E-state index < -0.39 is 0 Å². The van der Waals surface area contributed by atoms with Crippen LogP contribution in [-0.2, 0) is 56.8 Å². The summed E-state index contributed by atoms with van der Waals surface area (Å²) in [6.45, 7) is 14.3. The van der Waals surface area contributed by atoms with Crippen LogP contribution in [0.5, 0.6) is 5.75 Å². The first-order chi connectivity index (χ1) is 27.8. The van der Waals surface area contributed by atoms with Gasteiger partial charge in [0.2, 0.25) is 0 Å². The summed E-state index contributed by atoms with van der Waals surface area (Å²) < 4.78 is 71.2. The van der Waals surface area contributed by atoms with Crippen molar-refractivity contribution < 1.29 is 66.4 Å². The topological polar surface area (TPSA) is 149 Å². The van der Waals surface area contributed by atoms with Crippen LogP contribution < -0.4 is 10.1 Å². The average molecular weight is 798 g/mol. The molecule has 0 atom stereocenters. The van der Waals surface area contributed by atoms with Gasteiger partial charge >= 0.3 is 5.97 Å². The van der Waals surface area contributed by atoms with Crippen molar-refractivity contribution in [2.45, 2.75) is 19.8 Å². The van der Waals surface area contributed by atoms with E-state index in [0.717, 1.165) is 30.8 Å². The SMILES string of the molecule is CCCCNc1ccc(C(=O)OCCOCCOCCOCCOCCOCCOCCOCCOCCOCCOCCOCCOc2ccccc2)cc1. The molecule has 2 aromatic carbocycles. The zero-order chi connectivity index (χ0) is 39.7. The lowest BCUT2D eigenvalue weighted by Crippen LogP contribution is -2.16. The number of benzene rings is 2. The van der Waals surface area contributed by atoms with Gasteiger partial charge in [-0.1, -0.05) is 31.5 Å². The quantitative estimate of drug-likeness (QED) is 0.0751. The second kappa shape index (κ2) is 38.9. The zero-order valence-electron chi connectivity index (χ0n) is 33.5. The normalized spacial score (nSPS) is 11.2. The van der Waals surface area contributed by atoms with Gasteiger partial charge in [0.05, 0.1) is 151 Å². The molecule has 0 aromatic heterocycles. The van der Waals surface area contributed by atoms with Crippen LogP contribution in [0.4, 0.5) is 5.69 Å². The fraction of sp³-hybridized carbons (Fsp3) is 0.683. The van der Waals surface area contributed by atoms with Crippen LogP contribution in [0.3, 0.4) is 0 Å². The monoisotopic (exact) mass is 797 g/mol. The maximum Gasteiger partial charge on any atom is 0.338 e. The fourth-order valence-corrected chi connectivity index (χ4v) is 4.45. The molecule has 0 aliphatic carbocycles. The van der Waals surface area contributed by atoms with E-state index in [1.807, 2.05) is 42.5 Å². The van der Waals surface area contributed by atoms with Gasteiger partial charge in [-0.25, -0.2) is 4.79 Å². The number of esters is 1. The predicted molar refractivity (Wildman–Crippen MR) is 211 cm³/mol. The summed E-state index contributed by atoms with van der Waals surface area (Å²) in [7, 11) is 0. The Hall–Kier alpha value is -2.93. The molecular formula is C41H67NO14. The molecule has 2 rings (SSSR count). The minimum Gasteiger partial charge on any atom is -0.491 e. The molecule has 2 aromatic rings. The summed E-state index contributed by atoms with van der Waals surface area (Å²) in [6, 6.07) is 17.0. The maximum atomic E-state index is 12.1. The Labute approximate surface area is 333 Å². The zero-order valence-corrected chi connectivity index (χ0v) is 33.5. The Morgan fingerprint density at radius 1 is 0.429 bits per heavy atom. The lowest BCUT2D eigenvalue weighted by Gasteiger charge is -2.09. The van der Waals surface area contributed by atoms with Gasteiger partial charge in [-0.2, -0.15) is 0 Å². The summed E-state index contributed by atoms with van der Waals surface area (Å²) in [6.07, 6.45) is 2.24. The molecule has 0 heterocycles. The van der Waals surface area contributed by atoms with E-state index >= 15 is 0 Å². The second-order valence-corrected chi connectivity index (χ2v) is 11.9. The van der Waals surface area contributed by atoms with Gasteiger partial charge in [0.1, 0.15) is 19.0 Å². The van der Waals surface area contributed by atoms with Crippen LogP contribution in [0.2, 0.25) is 0 Å². The Morgan fingerprint density at radius 2 is 0.768 bits per heavy atom. The van der Waals surface area contributed by atoms with Gasteiger partial charge in [-0.15, -0.1) is 0 Å². The summed E-state index contributed by atoms with van der Waals surface area (Å²) >= 11 is 0. The van der Waals surface area contributed by atoms with Gasteiger partial charge in [-0.05, 0) is 42.8 Å². The summed E-state index contributed by atoms with van der Waals surface area (Å²) in [5, 5.41) is 3.32. The molecule has 56 heavy (non-hydrogen) atoms. The molecule has 0 bridgehead atoms. The second-order valence-electron chi connectivity index (χ2n) is 11.9. The van der Waals surface area contributed by atoms with E-state index in [-0.39, 0.29) is 12.6 Å². The third-order valence-electron chi connectivity index (χ3n) is 7.40. The fourth-order valence-electron chi connectivity index (χ4n) is 4.45. The number of rotatable bonds is 42. The Morgan fingerprint density at radius 3 is 1.12 bits per heavy atom. The average Bonchev–Trinajstić information content (AvgIpc) is 3.22. The minimum absolute atomic E-state index is 0.187. The van der Waals surface area contributed by atoms with Gasteiger partial charge in [0.25, 0.3) is 0 Å². The first-order valence-electron chi connectivity index (χ1n) is 19.8. The molecular weight excluding hydrogens is 730 g/mol. The maximum absolute atomic E-state index is 12.1. The molecule has 0 saturated carbocycles. The molecule has 0 unspecified atom stereocenters.